The predicted molar refractivity (Wildman–Crippen MR) is 57.4 cm³/mol. The minimum absolute atomic E-state index is 0.895. The van der Waals surface area contributed by atoms with Gasteiger partial charge in [-0.3, -0.25) is 0 Å². The molecule has 2 aromatic rings. The van der Waals surface area contributed by atoms with E-state index in [1.165, 1.54) is 11.3 Å². The molecule has 0 aliphatic carbocycles. The van der Waals surface area contributed by atoms with Gasteiger partial charge in [0.2, 0.25) is 0 Å². The second-order valence-electron chi connectivity index (χ2n) is 3.24. The first-order chi connectivity index (χ1) is 6.81. The molecule has 0 aliphatic rings. The molecule has 0 radical (unpaired) electrons. The molecule has 2 heteroatoms. The Bertz CT molecular complexity index is 417. The van der Waals surface area contributed by atoms with Crippen LogP contribution in [0.2, 0.25) is 0 Å². The Balaban J connectivity index is 2.46. The van der Waals surface area contributed by atoms with E-state index >= 15 is 0 Å². The van der Waals surface area contributed by atoms with Gasteiger partial charge >= 0.3 is 0 Å². The minimum Gasteiger partial charge on any atom is -0.495 e. The molecule has 1 aromatic carbocycles. The van der Waals surface area contributed by atoms with Gasteiger partial charge in [-0.05, 0) is 5.56 Å². The lowest BCUT2D eigenvalue weighted by Gasteiger charge is -2.01. The average molecular weight is 187 g/mol. The van der Waals surface area contributed by atoms with Gasteiger partial charge in [0.05, 0.1) is 12.8 Å². The second kappa shape index (κ2) is 3.58. The molecule has 14 heavy (non-hydrogen) atoms. The van der Waals surface area contributed by atoms with E-state index in [1.807, 2.05) is 37.5 Å². The molecule has 0 amide bonds. The number of methoxy groups -OCH3 is 1. The van der Waals surface area contributed by atoms with Crippen LogP contribution in [0.3, 0.4) is 0 Å². The van der Waals surface area contributed by atoms with Gasteiger partial charge in [0.15, 0.2) is 0 Å². The summed E-state index contributed by atoms with van der Waals surface area (Å²) in [7, 11) is 3.70. The monoisotopic (exact) mass is 187 g/mol. The molecule has 0 atom stereocenters. The second-order valence-corrected chi connectivity index (χ2v) is 3.24. The van der Waals surface area contributed by atoms with Crippen LogP contribution in [0.1, 0.15) is 0 Å². The summed E-state index contributed by atoms with van der Waals surface area (Å²) in [5.41, 5.74) is 2.38. The Labute approximate surface area is 83.8 Å². The zero-order valence-corrected chi connectivity index (χ0v) is 8.40. The fourth-order valence-electron chi connectivity index (χ4n) is 1.54. The number of hydrogen-bond acceptors (Lipinski definition) is 1. The number of ether oxygens (including phenoxy) is 1. The zero-order valence-electron chi connectivity index (χ0n) is 8.40. The first kappa shape index (κ1) is 8.88. The lowest BCUT2D eigenvalue weighted by Crippen LogP contribution is -1.88. The van der Waals surface area contributed by atoms with Gasteiger partial charge in [0.25, 0.3) is 0 Å². The topological polar surface area (TPSA) is 14.2 Å². The fraction of sp³-hybridized carbons (Fsp3) is 0.167. The van der Waals surface area contributed by atoms with Crippen molar-refractivity contribution < 1.29 is 4.74 Å². The highest BCUT2D eigenvalue weighted by Gasteiger charge is 2.04. The SMILES string of the molecule is COc1cc(-c2ccccc2)n(C)c1. The first-order valence-electron chi connectivity index (χ1n) is 4.57. The summed E-state index contributed by atoms with van der Waals surface area (Å²) in [6.07, 6.45) is 1.97. The maximum atomic E-state index is 5.18. The van der Waals surface area contributed by atoms with Crippen LogP contribution < -0.4 is 4.74 Å². The maximum Gasteiger partial charge on any atom is 0.137 e. The van der Waals surface area contributed by atoms with E-state index in [0.717, 1.165) is 5.75 Å². The summed E-state index contributed by atoms with van der Waals surface area (Å²) in [5, 5.41) is 0. The van der Waals surface area contributed by atoms with Crippen LogP contribution >= 0.6 is 0 Å². The molecule has 1 heterocycles. The van der Waals surface area contributed by atoms with Crippen LogP contribution in [0.5, 0.6) is 5.75 Å². The van der Waals surface area contributed by atoms with Crippen molar-refractivity contribution in [2.24, 2.45) is 7.05 Å². The number of nitrogens with zero attached hydrogens (tertiary/aromatic N) is 1. The molecule has 2 rings (SSSR count). The van der Waals surface area contributed by atoms with Gasteiger partial charge in [0.1, 0.15) is 5.75 Å². The molecule has 0 aliphatic heterocycles. The lowest BCUT2D eigenvalue weighted by atomic mass is 10.1. The Hall–Kier alpha value is -1.70. The van der Waals surface area contributed by atoms with Crippen molar-refractivity contribution in [1.29, 1.82) is 0 Å². The number of aryl methyl sites for hydroxylation is 1. The Morgan fingerprint density at radius 2 is 1.86 bits per heavy atom. The van der Waals surface area contributed by atoms with Gasteiger partial charge in [-0.2, -0.15) is 0 Å². The van der Waals surface area contributed by atoms with Gasteiger partial charge < -0.3 is 9.30 Å². The molecular formula is C12H13NO. The van der Waals surface area contributed by atoms with E-state index in [4.69, 9.17) is 4.74 Å². The molecule has 0 saturated carbocycles. The Morgan fingerprint density at radius 1 is 1.14 bits per heavy atom. The van der Waals surface area contributed by atoms with Crippen LogP contribution in [0.4, 0.5) is 0 Å². The largest absolute Gasteiger partial charge is 0.495 e. The number of benzene rings is 1. The molecule has 72 valence electrons. The van der Waals surface area contributed by atoms with E-state index in [-0.39, 0.29) is 0 Å². The van der Waals surface area contributed by atoms with Crippen molar-refractivity contribution in [3.8, 4) is 17.0 Å². The first-order valence-corrected chi connectivity index (χ1v) is 4.57. The van der Waals surface area contributed by atoms with Crippen molar-refractivity contribution in [1.82, 2.24) is 4.57 Å². The van der Waals surface area contributed by atoms with Crippen LogP contribution in [-0.4, -0.2) is 11.7 Å². The quantitative estimate of drug-likeness (QED) is 0.705. The average Bonchev–Trinajstić information content (AvgIpc) is 2.61. The third-order valence-electron chi connectivity index (χ3n) is 2.29. The van der Waals surface area contributed by atoms with E-state index in [1.54, 1.807) is 7.11 Å². The van der Waals surface area contributed by atoms with Crippen molar-refractivity contribution in [2.45, 2.75) is 0 Å². The van der Waals surface area contributed by atoms with E-state index in [9.17, 15) is 0 Å². The molecule has 0 bridgehead atoms. The van der Waals surface area contributed by atoms with E-state index in [2.05, 4.69) is 16.7 Å². The van der Waals surface area contributed by atoms with Crippen molar-refractivity contribution in [2.75, 3.05) is 7.11 Å². The number of rotatable bonds is 2. The fourth-order valence-corrected chi connectivity index (χ4v) is 1.54. The molecule has 0 unspecified atom stereocenters. The predicted octanol–water partition coefficient (Wildman–Crippen LogP) is 2.70. The smallest absolute Gasteiger partial charge is 0.137 e. The Morgan fingerprint density at radius 3 is 2.43 bits per heavy atom. The summed E-state index contributed by atoms with van der Waals surface area (Å²) >= 11 is 0. The van der Waals surface area contributed by atoms with Crippen LogP contribution in [0.25, 0.3) is 11.3 Å². The summed E-state index contributed by atoms with van der Waals surface area (Å²) in [6.45, 7) is 0. The lowest BCUT2D eigenvalue weighted by molar-refractivity contribution is 0.414. The summed E-state index contributed by atoms with van der Waals surface area (Å²) in [6, 6.07) is 12.3. The van der Waals surface area contributed by atoms with Crippen LogP contribution in [0, 0.1) is 0 Å². The van der Waals surface area contributed by atoms with Crippen LogP contribution in [-0.2, 0) is 7.05 Å². The maximum absolute atomic E-state index is 5.18. The minimum atomic E-state index is 0.895. The molecular weight excluding hydrogens is 174 g/mol. The highest BCUT2D eigenvalue weighted by Crippen LogP contribution is 2.24. The van der Waals surface area contributed by atoms with Gasteiger partial charge in [-0.15, -0.1) is 0 Å². The Kier molecular flexibility index (Phi) is 2.27. The molecule has 0 spiro atoms. The van der Waals surface area contributed by atoms with Crippen LogP contribution in [0.15, 0.2) is 42.6 Å². The zero-order chi connectivity index (χ0) is 9.97. The highest BCUT2D eigenvalue weighted by atomic mass is 16.5. The van der Waals surface area contributed by atoms with E-state index in [0.29, 0.717) is 0 Å². The number of hydrogen-bond donors (Lipinski definition) is 0. The third-order valence-corrected chi connectivity index (χ3v) is 2.29. The van der Waals surface area contributed by atoms with Gasteiger partial charge in [0, 0.05) is 19.3 Å². The molecule has 2 nitrogen and oxygen atoms in total. The third kappa shape index (κ3) is 1.51. The van der Waals surface area contributed by atoms with Crippen molar-refractivity contribution in [3.63, 3.8) is 0 Å². The summed E-state index contributed by atoms with van der Waals surface area (Å²) in [5.74, 6) is 0.895. The standard InChI is InChI=1S/C12H13NO/c1-13-9-11(14-2)8-12(13)10-6-4-3-5-7-10/h3-9H,1-2H3. The molecule has 0 N–H and O–H groups in total. The normalized spacial score (nSPS) is 10.1. The summed E-state index contributed by atoms with van der Waals surface area (Å²) < 4.78 is 7.24. The number of aromatic nitrogens is 1. The summed E-state index contributed by atoms with van der Waals surface area (Å²) in [4.78, 5) is 0. The molecule has 1 aromatic heterocycles. The van der Waals surface area contributed by atoms with Crippen molar-refractivity contribution in [3.05, 3.63) is 42.6 Å². The van der Waals surface area contributed by atoms with Gasteiger partial charge in [-0.1, -0.05) is 30.3 Å². The highest BCUT2D eigenvalue weighted by molar-refractivity contribution is 5.62. The molecule has 0 fully saturated rings. The van der Waals surface area contributed by atoms with E-state index < -0.39 is 0 Å². The van der Waals surface area contributed by atoms with Gasteiger partial charge in [-0.25, -0.2) is 0 Å². The molecule has 0 saturated heterocycles. The van der Waals surface area contributed by atoms with Crippen molar-refractivity contribution >= 4 is 0 Å².